The molecule has 1 saturated heterocycles. The van der Waals surface area contributed by atoms with Gasteiger partial charge in [0.2, 0.25) is 0 Å². The summed E-state index contributed by atoms with van der Waals surface area (Å²) in [4.78, 5) is 56.4. The molecular weight excluding hydrogens is 390 g/mol. The molecule has 10 heteroatoms. The van der Waals surface area contributed by atoms with Crippen LogP contribution in [0, 0.1) is 6.92 Å². The summed E-state index contributed by atoms with van der Waals surface area (Å²) in [5, 5.41) is 1.03. The van der Waals surface area contributed by atoms with E-state index in [4.69, 9.17) is 26.6 Å². The zero-order valence-electron chi connectivity index (χ0n) is 14.9. The number of hydrogen-bond donors (Lipinski definition) is 1. The number of carbonyl (C=O) groups is 3. The average molecular weight is 406 g/mol. The number of aryl methyl sites for hydroxylation is 1. The van der Waals surface area contributed by atoms with E-state index in [9.17, 15) is 19.2 Å². The van der Waals surface area contributed by atoms with Gasteiger partial charge in [-0.3, -0.25) is 9.59 Å². The third-order valence-corrected chi connectivity index (χ3v) is 4.47. The molecule has 146 valence electrons. The smallest absolute Gasteiger partial charge is 0.340 e. The van der Waals surface area contributed by atoms with Crippen molar-refractivity contribution >= 4 is 51.9 Å². The fourth-order valence-corrected chi connectivity index (χ4v) is 2.85. The van der Waals surface area contributed by atoms with E-state index in [0.29, 0.717) is 21.7 Å². The standard InChI is InChI=1S/C18H16ClN3O6/c1-9-11-3-2-10(21-14(20)8-19)6-13(11)27-18(26)12(9)7-17(25)28-22-15(23)4-5-16(22)24/h2-3,6H,4-5,7-8H2,1H3,(H2,20,21). The molecule has 3 rings (SSSR count). The Balaban J connectivity index is 1.88. The van der Waals surface area contributed by atoms with Gasteiger partial charge in [0.1, 0.15) is 11.4 Å². The van der Waals surface area contributed by atoms with Gasteiger partial charge in [0, 0.05) is 24.3 Å². The molecule has 2 heterocycles. The van der Waals surface area contributed by atoms with Crippen LogP contribution in [0.5, 0.6) is 0 Å². The lowest BCUT2D eigenvalue weighted by molar-refractivity contribution is -0.197. The Morgan fingerprint density at radius 3 is 2.61 bits per heavy atom. The maximum absolute atomic E-state index is 12.3. The van der Waals surface area contributed by atoms with Crippen molar-refractivity contribution in [1.29, 1.82) is 0 Å². The van der Waals surface area contributed by atoms with Crippen LogP contribution in [0.1, 0.15) is 24.0 Å². The number of amides is 2. The van der Waals surface area contributed by atoms with Crippen LogP contribution in [-0.4, -0.2) is 34.6 Å². The molecule has 0 aliphatic carbocycles. The van der Waals surface area contributed by atoms with Crippen LogP contribution in [0.4, 0.5) is 5.69 Å². The van der Waals surface area contributed by atoms with Gasteiger partial charge in [-0.05, 0) is 24.6 Å². The van der Waals surface area contributed by atoms with Gasteiger partial charge < -0.3 is 15.0 Å². The number of carbonyl (C=O) groups excluding carboxylic acids is 3. The summed E-state index contributed by atoms with van der Waals surface area (Å²) in [7, 11) is 0. The highest BCUT2D eigenvalue weighted by molar-refractivity contribution is 6.28. The molecule has 0 saturated carbocycles. The van der Waals surface area contributed by atoms with Crippen LogP contribution in [0.25, 0.3) is 11.0 Å². The van der Waals surface area contributed by atoms with Crippen molar-refractivity contribution < 1.29 is 23.6 Å². The molecule has 1 aliphatic rings. The van der Waals surface area contributed by atoms with E-state index in [1.165, 1.54) is 6.07 Å². The Bertz CT molecular complexity index is 1060. The van der Waals surface area contributed by atoms with Gasteiger partial charge in [-0.2, -0.15) is 0 Å². The highest BCUT2D eigenvalue weighted by Gasteiger charge is 2.33. The summed E-state index contributed by atoms with van der Waals surface area (Å²) in [5.74, 6) is -1.82. The van der Waals surface area contributed by atoms with Crippen LogP contribution in [0.15, 0.2) is 32.4 Å². The number of nitrogens with zero attached hydrogens (tertiary/aromatic N) is 2. The summed E-state index contributed by atoms with van der Waals surface area (Å²) >= 11 is 5.60. The number of halogens is 1. The molecule has 1 aromatic carbocycles. The molecule has 1 fully saturated rings. The number of nitrogens with two attached hydrogens (primary N) is 1. The summed E-state index contributed by atoms with van der Waals surface area (Å²) in [5.41, 5.74) is 6.20. The summed E-state index contributed by atoms with van der Waals surface area (Å²) in [6, 6.07) is 4.88. The number of imide groups is 1. The van der Waals surface area contributed by atoms with E-state index in [2.05, 4.69) is 4.99 Å². The molecule has 2 N–H and O–H groups in total. The van der Waals surface area contributed by atoms with Gasteiger partial charge in [-0.1, -0.05) is 0 Å². The predicted molar refractivity (Wildman–Crippen MR) is 100 cm³/mol. The molecule has 0 atom stereocenters. The largest absolute Gasteiger partial charge is 0.422 e. The second-order valence-electron chi connectivity index (χ2n) is 6.13. The van der Waals surface area contributed by atoms with Gasteiger partial charge in [0.05, 0.1) is 23.6 Å². The summed E-state index contributed by atoms with van der Waals surface area (Å²) in [6.07, 6.45) is -0.467. The molecule has 1 aliphatic heterocycles. The molecule has 0 spiro atoms. The fraction of sp³-hybridized carbons (Fsp3) is 0.278. The van der Waals surface area contributed by atoms with Crippen molar-refractivity contribution in [3.63, 3.8) is 0 Å². The number of hydrogen-bond acceptors (Lipinski definition) is 7. The normalized spacial score (nSPS) is 14.8. The van der Waals surface area contributed by atoms with E-state index in [1.807, 2.05) is 0 Å². The van der Waals surface area contributed by atoms with E-state index >= 15 is 0 Å². The monoisotopic (exact) mass is 405 g/mol. The number of benzene rings is 1. The van der Waals surface area contributed by atoms with Crippen LogP contribution in [0.3, 0.4) is 0 Å². The van der Waals surface area contributed by atoms with Gasteiger partial charge in [0.15, 0.2) is 0 Å². The molecule has 0 radical (unpaired) electrons. The quantitative estimate of drug-likeness (QED) is 0.262. The van der Waals surface area contributed by atoms with E-state index in [-0.39, 0.29) is 35.7 Å². The highest BCUT2D eigenvalue weighted by atomic mass is 35.5. The Morgan fingerprint density at radius 2 is 1.96 bits per heavy atom. The number of alkyl halides is 1. The molecule has 9 nitrogen and oxygen atoms in total. The predicted octanol–water partition coefficient (Wildman–Crippen LogP) is 1.48. The van der Waals surface area contributed by atoms with Gasteiger partial charge >= 0.3 is 11.6 Å². The van der Waals surface area contributed by atoms with Crippen molar-refractivity contribution in [2.45, 2.75) is 26.2 Å². The Kier molecular flexibility index (Phi) is 5.46. The maximum Gasteiger partial charge on any atom is 0.340 e. The third kappa shape index (κ3) is 3.89. The zero-order chi connectivity index (χ0) is 20.4. The molecule has 2 amide bonds. The van der Waals surface area contributed by atoms with Crippen molar-refractivity contribution in [3.8, 4) is 0 Å². The lowest BCUT2D eigenvalue weighted by Crippen LogP contribution is -2.33. The number of amidine groups is 1. The summed E-state index contributed by atoms with van der Waals surface area (Å²) < 4.78 is 5.29. The molecular formula is C18H16ClN3O6. The van der Waals surface area contributed by atoms with Crippen molar-refractivity contribution in [1.82, 2.24) is 5.06 Å². The molecule has 0 unspecified atom stereocenters. The second kappa shape index (κ2) is 7.81. The van der Waals surface area contributed by atoms with Crippen molar-refractivity contribution in [3.05, 3.63) is 39.7 Å². The Labute approximate surface area is 163 Å². The molecule has 28 heavy (non-hydrogen) atoms. The number of fused-ring (bicyclic) bond motifs is 1. The molecule has 1 aromatic heterocycles. The SMILES string of the molecule is Cc1c(CC(=O)ON2C(=O)CCC2=O)c(=O)oc2cc(N=C(N)CCl)ccc12. The van der Waals surface area contributed by atoms with E-state index < -0.39 is 29.8 Å². The minimum absolute atomic E-state index is 0.0116. The lowest BCUT2D eigenvalue weighted by Gasteiger charge is -2.13. The zero-order valence-corrected chi connectivity index (χ0v) is 15.6. The van der Waals surface area contributed by atoms with Gasteiger partial charge in [-0.15, -0.1) is 16.7 Å². The first kappa shape index (κ1) is 19.6. The minimum Gasteiger partial charge on any atom is -0.422 e. The molecule has 2 aromatic rings. The minimum atomic E-state index is -0.908. The van der Waals surface area contributed by atoms with Crippen LogP contribution in [-0.2, 0) is 25.6 Å². The lowest BCUT2D eigenvalue weighted by atomic mass is 10.0. The van der Waals surface area contributed by atoms with Crippen LogP contribution in [0.2, 0.25) is 0 Å². The van der Waals surface area contributed by atoms with E-state index in [0.717, 1.165) is 0 Å². The van der Waals surface area contributed by atoms with Crippen LogP contribution < -0.4 is 11.4 Å². The third-order valence-electron chi connectivity index (χ3n) is 4.20. The van der Waals surface area contributed by atoms with E-state index in [1.54, 1.807) is 19.1 Å². The Morgan fingerprint density at radius 1 is 1.29 bits per heavy atom. The van der Waals surface area contributed by atoms with Crippen molar-refractivity contribution in [2.24, 2.45) is 10.7 Å². The first-order valence-electron chi connectivity index (χ1n) is 8.32. The fourth-order valence-electron chi connectivity index (χ4n) is 2.79. The number of hydroxylamine groups is 2. The Hall–Kier alpha value is -3.20. The number of aliphatic imine (C=N–C) groups is 1. The van der Waals surface area contributed by atoms with Gasteiger partial charge in [-0.25, -0.2) is 14.6 Å². The highest BCUT2D eigenvalue weighted by Crippen LogP contribution is 2.25. The van der Waals surface area contributed by atoms with Gasteiger partial charge in [0.25, 0.3) is 11.8 Å². The second-order valence-corrected chi connectivity index (χ2v) is 6.40. The first-order valence-corrected chi connectivity index (χ1v) is 8.85. The van der Waals surface area contributed by atoms with Crippen LogP contribution >= 0.6 is 11.6 Å². The first-order chi connectivity index (χ1) is 13.3. The average Bonchev–Trinajstić information content (AvgIpc) is 2.96. The van der Waals surface area contributed by atoms with Crippen molar-refractivity contribution in [2.75, 3.05) is 5.88 Å². The topological polar surface area (TPSA) is 132 Å². The maximum atomic E-state index is 12.3. The number of rotatable bonds is 5. The summed E-state index contributed by atoms with van der Waals surface area (Å²) in [6.45, 7) is 1.66. The molecule has 0 bridgehead atoms.